The fraction of sp³-hybridized carbons (Fsp3) is 0.467. The molecule has 22 heavy (non-hydrogen) atoms. The first-order valence-electron chi connectivity index (χ1n) is 7.01. The molecule has 1 N–H and O–H groups in total. The van der Waals surface area contributed by atoms with Gasteiger partial charge in [0.25, 0.3) is 0 Å². The molecule has 0 aliphatic carbocycles. The second-order valence-corrected chi connectivity index (χ2v) is 7.57. The summed E-state index contributed by atoms with van der Waals surface area (Å²) in [7, 11) is -3.72. The Labute approximate surface area is 130 Å². The Bertz CT molecular complexity index is 736. The first kappa shape index (κ1) is 16.5. The first-order valence-corrected chi connectivity index (χ1v) is 8.45. The summed E-state index contributed by atoms with van der Waals surface area (Å²) in [6.07, 6.45) is 0.298. The predicted molar refractivity (Wildman–Crippen MR) is 79.6 cm³/mol. The summed E-state index contributed by atoms with van der Waals surface area (Å²) in [5, 5.41) is 18.1. The molecule has 0 spiro atoms. The number of hydrogen-bond donors (Lipinski definition) is 1. The maximum absolute atomic E-state index is 12.8. The fourth-order valence-corrected chi connectivity index (χ4v) is 4.59. The third kappa shape index (κ3) is 2.98. The molecule has 0 saturated carbocycles. The topological polar surface area (TPSA) is 98.5 Å². The van der Waals surface area contributed by atoms with Crippen molar-refractivity contribution in [1.29, 1.82) is 5.26 Å². The SMILES string of the molecule is Cc1ccc(C#N)cc1S(=O)(=O)N1CCC(C(=O)O)C(C)C1. The molecule has 0 bridgehead atoms. The van der Waals surface area contributed by atoms with Crippen molar-refractivity contribution < 1.29 is 18.3 Å². The van der Waals surface area contributed by atoms with E-state index in [1.807, 2.05) is 6.07 Å². The number of carbonyl (C=O) groups is 1. The Morgan fingerprint density at radius 2 is 2.14 bits per heavy atom. The van der Waals surface area contributed by atoms with Crippen molar-refractivity contribution in [2.75, 3.05) is 13.1 Å². The van der Waals surface area contributed by atoms with Crippen LogP contribution >= 0.6 is 0 Å². The van der Waals surface area contributed by atoms with Crippen molar-refractivity contribution in [2.45, 2.75) is 25.2 Å². The summed E-state index contributed by atoms with van der Waals surface area (Å²) < 4.78 is 26.9. The molecule has 7 heteroatoms. The van der Waals surface area contributed by atoms with Crippen molar-refractivity contribution in [3.8, 4) is 6.07 Å². The number of sulfonamides is 1. The van der Waals surface area contributed by atoms with Gasteiger partial charge in [-0.15, -0.1) is 0 Å². The molecule has 1 saturated heterocycles. The van der Waals surface area contributed by atoms with E-state index in [1.54, 1.807) is 26.0 Å². The normalized spacial score (nSPS) is 23.0. The molecular formula is C15H18N2O4S. The van der Waals surface area contributed by atoms with E-state index >= 15 is 0 Å². The van der Waals surface area contributed by atoms with Gasteiger partial charge in [0.1, 0.15) is 0 Å². The van der Waals surface area contributed by atoms with Crippen LogP contribution in [0.1, 0.15) is 24.5 Å². The largest absolute Gasteiger partial charge is 0.481 e. The zero-order valence-electron chi connectivity index (χ0n) is 12.5. The van der Waals surface area contributed by atoms with Gasteiger partial charge in [0.2, 0.25) is 10.0 Å². The zero-order valence-corrected chi connectivity index (χ0v) is 13.3. The van der Waals surface area contributed by atoms with Crippen LogP contribution in [0.3, 0.4) is 0 Å². The Kier molecular flexibility index (Phi) is 4.54. The van der Waals surface area contributed by atoms with Crippen molar-refractivity contribution in [3.05, 3.63) is 29.3 Å². The van der Waals surface area contributed by atoms with Crippen LogP contribution in [0.5, 0.6) is 0 Å². The van der Waals surface area contributed by atoms with Crippen molar-refractivity contribution in [2.24, 2.45) is 11.8 Å². The third-order valence-electron chi connectivity index (χ3n) is 4.12. The predicted octanol–water partition coefficient (Wildman–Crippen LogP) is 1.60. The second kappa shape index (κ2) is 6.07. The summed E-state index contributed by atoms with van der Waals surface area (Å²) in [5.74, 6) is -1.65. The van der Waals surface area contributed by atoms with E-state index in [4.69, 9.17) is 10.4 Å². The van der Waals surface area contributed by atoms with Gasteiger partial charge in [-0.3, -0.25) is 4.79 Å². The van der Waals surface area contributed by atoms with Crippen molar-refractivity contribution in [3.63, 3.8) is 0 Å². The summed E-state index contributed by atoms with van der Waals surface area (Å²) >= 11 is 0. The first-order chi connectivity index (χ1) is 10.3. The van der Waals surface area contributed by atoms with Gasteiger partial charge in [0.15, 0.2) is 0 Å². The van der Waals surface area contributed by atoms with Gasteiger partial charge in [-0.25, -0.2) is 8.42 Å². The molecule has 0 radical (unpaired) electrons. The maximum Gasteiger partial charge on any atom is 0.306 e. The highest BCUT2D eigenvalue weighted by Crippen LogP contribution is 2.29. The average molecular weight is 322 g/mol. The zero-order chi connectivity index (χ0) is 16.5. The van der Waals surface area contributed by atoms with E-state index in [-0.39, 0.29) is 29.5 Å². The number of benzene rings is 1. The highest BCUT2D eigenvalue weighted by molar-refractivity contribution is 7.89. The number of carboxylic acids is 1. The smallest absolute Gasteiger partial charge is 0.306 e. The number of aliphatic carboxylic acids is 1. The molecule has 1 aromatic carbocycles. The highest BCUT2D eigenvalue weighted by Gasteiger charge is 2.37. The lowest BCUT2D eigenvalue weighted by Gasteiger charge is -2.34. The van der Waals surface area contributed by atoms with Crippen LogP contribution in [-0.4, -0.2) is 36.9 Å². The van der Waals surface area contributed by atoms with Gasteiger partial charge in [-0.1, -0.05) is 13.0 Å². The standard InChI is InChI=1S/C15H18N2O4S/c1-10-3-4-12(8-16)7-14(10)22(20,21)17-6-5-13(15(18)19)11(2)9-17/h3-4,7,11,13H,5-6,9H2,1-2H3,(H,18,19). The molecule has 1 aliphatic rings. The number of piperidine rings is 1. The number of rotatable bonds is 3. The molecule has 1 fully saturated rings. The highest BCUT2D eigenvalue weighted by atomic mass is 32.2. The Hall–Kier alpha value is -1.91. The van der Waals surface area contributed by atoms with Crippen LogP contribution in [0, 0.1) is 30.1 Å². The van der Waals surface area contributed by atoms with Crippen molar-refractivity contribution in [1.82, 2.24) is 4.31 Å². The van der Waals surface area contributed by atoms with Gasteiger partial charge in [0.05, 0.1) is 22.4 Å². The van der Waals surface area contributed by atoms with Crippen LogP contribution in [0.25, 0.3) is 0 Å². The average Bonchev–Trinajstić information content (AvgIpc) is 2.47. The van der Waals surface area contributed by atoms with Crippen LogP contribution in [0.2, 0.25) is 0 Å². The summed E-state index contributed by atoms with van der Waals surface area (Å²) in [6, 6.07) is 6.50. The van der Waals surface area contributed by atoms with Gasteiger partial charge in [-0.05, 0) is 37.0 Å². The van der Waals surface area contributed by atoms with E-state index in [0.717, 1.165) is 0 Å². The molecule has 0 amide bonds. The number of hydrogen-bond acceptors (Lipinski definition) is 4. The Morgan fingerprint density at radius 1 is 1.45 bits per heavy atom. The lowest BCUT2D eigenvalue weighted by molar-refractivity contribution is -0.144. The minimum atomic E-state index is -3.72. The monoisotopic (exact) mass is 322 g/mol. The van der Waals surface area contributed by atoms with Crippen LogP contribution in [0.4, 0.5) is 0 Å². The van der Waals surface area contributed by atoms with Gasteiger partial charge >= 0.3 is 5.97 Å². The number of carboxylic acid groups (broad SMARTS) is 1. The van der Waals surface area contributed by atoms with Crippen LogP contribution < -0.4 is 0 Å². The van der Waals surface area contributed by atoms with Gasteiger partial charge in [-0.2, -0.15) is 9.57 Å². The molecule has 0 aromatic heterocycles. The maximum atomic E-state index is 12.8. The minimum absolute atomic E-state index is 0.118. The van der Waals surface area contributed by atoms with Crippen LogP contribution in [-0.2, 0) is 14.8 Å². The molecule has 2 unspecified atom stereocenters. The molecule has 118 valence electrons. The number of nitrogens with zero attached hydrogens (tertiary/aromatic N) is 2. The fourth-order valence-electron chi connectivity index (χ4n) is 2.78. The third-order valence-corrected chi connectivity index (χ3v) is 6.13. The second-order valence-electron chi connectivity index (χ2n) is 5.67. The minimum Gasteiger partial charge on any atom is -0.481 e. The van der Waals surface area contributed by atoms with E-state index in [0.29, 0.717) is 12.0 Å². The van der Waals surface area contributed by atoms with E-state index < -0.39 is 21.9 Å². The molecule has 6 nitrogen and oxygen atoms in total. The summed E-state index contributed by atoms with van der Waals surface area (Å²) in [5.41, 5.74) is 0.865. The van der Waals surface area contributed by atoms with E-state index in [1.165, 1.54) is 10.4 Å². The van der Waals surface area contributed by atoms with Crippen LogP contribution in [0.15, 0.2) is 23.1 Å². The lowest BCUT2D eigenvalue weighted by atomic mass is 9.88. The lowest BCUT2D eigenvalue weighted by Crippen LogP contribution is -2.45. The Balaban J connectivity index is 2.33. The molecular weight excluding hydrogens is 304 g/mol. The summed E-state index contributed by atoms with van der Waals surface area (Å²) in [4.78, 5) is 11.2. The van der Waals surface area contributed by atoms with E-state index in [9.17, 15) is 13.2 Å². The Morgan fingerprint density at radius 3 is 2.68 bits per heavy atom. The quantitative estimate of drug-likeness (QED) is 0.911. The van der Waals surface area contributed by atoms with E-state index in [2.05, 4.69) is 0 Å². The molecule has 2 rings (SSSR count). The molecule has 1 aliphatic heterocycles. The van der Waals surface area contributed by atoms with Gasteiger partial charge < -0.3 is 5.11 Å². The molecule has 1 heterocycles. The van der Waals surface area contributed by atoms with Gasteiger partial charge in [0, 0.05) is 13.1 Å². The number of nitriles is 1. The molecule has 1 aromatic rings. The number of aryl methyl sites for hydroxylation is 1. The van der Waals surface area contributed by atoms with Crippen molar-refractivity contribution >= 4 is 16.0 Å². The summed E-state index contributed by atoms with van der Waals surface area (Å²) in [6.45, 7) is 3.79. The molecule has 2 atom stereocenters.